The van der Waals surface area contributed by atoms with E-state index in [1.165, 1.54) is 0 Å². The van der Waals surface area contributed by atoms with E-state index in [2.05, 4.69) is 5.32 Å². The molecule has 3 nitrogen and oxygen atoms in total. The van der Waals surface area contributed by atoms with Gasteiger partial charge < -0.3 is 10.1 Å². The number of methoxy groups -OCH3 is 1. The predicted octanol–water partition coefficient (Wildman–Crippen LogP) is 2.71. The van der Waals surface area contributed by atoms with Crippen LogP contribution in [0.2, 0.25) is 0 Å². The van der Waals surface area contributed by atoms with Crippen LogP contribution < -0.4 is 5.32 Å². The van der Waals surface area contributed by atoms with Crippen molar-refractivity contribution in [3.05, 3.63) is 35.6 Å². The van der Waals surface area contributed by atoms with Gasteiger partial charge in [-0.25, -0.2) is 4.39 Å². The minimum absolute atomic E-state index is 0.0175. The predicted molar refractivity (Wildman–Crippen MR) is 59.6 cm³/mol. The molecule has 0 aromatic heterocycles. The van der Waals surface area contributed by atoms with Crippen LogP contribution in [-0.4, -0.2) is 19.2 Å². The van der Waals surface area contributed by atoms with Crippen molar-refractivity contribution in [2.45, 2.75) is 25.2 Å². The van der Waals surface area contributed by atoms with Crippen molar-refractivity contribution in [1.29, 1.82) is 0 Å². The van der Waals surface area contributed by atoms with Crippen molar-refractivity contribution in [2.24, 2.45) is 0 Å². The molecular weight excluding hydrogens is 266 g/mol. The summed E-state index contributed by atoms with van der Waals surface area (Å²) in [6.45, 7) is 1.08. The fourth-order valence-electron chi connectivity index (χ4n) is 1.75. The van der Waals surface area contributed by atoms with E-state index >= 15 is 0 Å². The number of ether oxygens (including phenoxy) is 1. The molecule has 1 aromatic rings. The molecule has 1 atom stereocenters. The Hall–Kier alpha value is -1.63. The van der Waals surface area contributed by atoms with Gasteiger partial charge >= 0.3 is 6.18 Å². The standard InChI is InChI=1S/C12H13F4NO2/c1-8(18)17-11(19-2,7-12(14,15)16)9-3-5-10(13)6-4-9/h3-6H,7H2,1-2H3,(H,17,18). The highest BCUT2D eigenvalue weighted by Gasteiger charge is 2.44. The van der Waals surface area contributed by atoms with Crippen LogP contribution in [-0.2, 0) is 15.3 Å². The average molecular weight is 279 g/mol. The monoisotopic (exact) mass is 279 g/mol. The number of carbonyl (C=O) groups excluding carboxylic acids is 1. The summed E-state index contributed by atoms with van der Waals surface area (Å²) in [5.41, 5.74) is -2.04. The van der Waals surface area contributed by atoms with Crippen molar-refractivity contribution < 1.29 is 27.1 Å². The molecule has 0 aliphatic heterocycles. The zero-order valence-electron chi connectivity index (χ0n) is 10.3. The third-order valence-electron chi connectivity index (χ3n) is 2.49. The van der Waals surface area contributed by atoms with Crippen LogP contribution in [0.1, 0.15) is 18.9 Å². The van der Waals surface area contributed by atoms with Crippen LogP contribution in [0.3, 0.4) is 0 Å². The molecule has 1 amide bonds. The number of hydrogen-bond acceptors (Lipinski definition) is 2. The normalized spacial score (nSPS) is 14.8. The summed E-state index contributed by atoms with van der Waals surface area (Å²) >= 11 is 0. The Balaban J connectivity index is 3.22. The first-order valence-corrected chi connectivity index (χ1v) is 5.35. The van der Waals surface area contributed by atoms with E-state index in [0.29, 0.717) is 0 Å². The molecule has 1 unspecified atom stereocenters. The second kappa shape index (κ2) is 5.56. The summed E-state index contributed by atoms with van der Waals surface area (Å²) in [4.78, 5) is 11.1. The maximum atomic E-state index is 12.8. The van der Waals surface area contributed by atoms with E-state index < -0.39 is 30.0 Å². The van der Waals surface area contributed by atoms with Gasteiger partial charge in [-0.05, 0) is 12.1 Å². The van der Waals surface area contributed by atoms with Crippen LogP contribution in [0.25, 0.3) is 0 Å². The maximum Gasteiger partial charge on any atom is 0.394 e. The number of rotatable bonds is 4. The molecule has 0 saturated carbocycles. The third kappa shape index (κ3) is 4.20. The van der Waals surface area contributed by atoms with E-state index in [0.717, 1.165) is 38.3 Å². The van der Waals surface area contributed by atoms with Crippen molar-refractivity contribution in [2.75, 3.05) is 7.11 Å². The summed E-state index contributed by atoms with van der Waals surface area (Å²) in [6, 6.07) is 4.28. The molecular formula is C12H13F4NO2. The maximum absolute atomic E-state index is 12.8. The Morgan fingerprint density at radius 2 is 1.79 bits per heavy atom. The first-order valence-electron chi connectivity index (χ1n) is 5.35. The second-order valence-electron chi connectivity index (χ2n) is 4.01. The SMILES string of the molecule is COC(CC(F)(F)F)(NC(C)=O)c1ccc(F)cc1. The van der Waals surface area contributed by atoms with Gasteiger partial charge in [0.2, 0.25) is 5.91 Å². The fraction of sp³-hybridized carbons (Fsp3) is 0.417. The van der Waals surface area contributed by atoms with Crippen LogP contribution in [0.5, 0.6) is 0 Å². The number of halogens is 4. The Labute approximate surface area is 107 Å². The molecule has 0 radical (unpaired) electrons. The molecule has 0 bridgehead atoms. The number of alkyl halides is 3. The second-order valence-corrected chi connectivity index (χ2v) is 4.01. The largest absolute Gasteiger partial charge is 0.394 e. The molecule has 1 aromatic carbocycles. The summed E-state index contributed by atoms with van der Waals surface area (Å²) in [5, 5.41) is 2.13. The van der Waals surface area contributed by atoms with E-state index in [-0.39, 0.29) is 5.56 Å². The fourth-order valence-corrected chi connectivity index (χ4v) is 1.75. The quantitative estimate of drug-likeness (QED) is 0.680. The van der Waals surface area contributed by atoms with E-state index in [9.17, 15) is 22.4 Å². The molecule has 7 heteroatoms. The van der Waals surface area contributed by atoms with Crippen LogP contribution in [0.4, 0.5) is 17.6 Å². The number of hydrogen-bond donors (Lipinski definition) is 1. The minimum atomic E-state index is -4.56. The summed E-state index contributed by atoms with van der Waals surface area (Å²) in [7, 11) is 1.05. The van der Waals surface area contributed by atoms with Gasteiger partial charge in [0.25, 0.3) is 0 Å². The Kier molecular flexibility index (Phi) is 4.52. The van der Waals surface area contributed by atoms with Gasteiger partial charge in [-0.15, -0.1) is 0 Å². The average Bonchev–Trinajstić information content (AvgIpc) is 2.26. The highest BCUT2D eigenvalue weighted by molar-refractivity contribution is 5.73. The van der Waals surface area contributed by atoms with Crippen molar-refractivity contribution >= 4 is 5.91 Å². The number of benzene rings is 1. The lowest BCUT2D eigenvalue weighted by atomic mass is 9.98. The van der Waals surface area contributed by atoms with E-state index in [1.807, 2.05) is 0 Å². The van der Waals surface area contributed by atoms with Gasteiger partial charge in [-0.2, -0.15) is 13.2 Å². The number of carbonyl (C=O) groups is 1. The molecule has 0 fully saturated rings. The van der Waals surface area contributed by atoms with Crippen molar-refractivity contribution in [3.8, 4) is 0 Å². The zero-order valence-corrected chi connectivity index (χ0v) is 10.3. The van der Waals surface area contributed by atoms with Gasteiger partial charge in [0.15, 0.2) is 5.72 Å². The Bertz CT molecular complexity index is 444. The van der Waals surface area contributed by atoms with E-state index in [1.54, 1.807) is 0 Å². The molecule has 1 N–H and O–H groups in total. The molecule has 19 heavy (non-hydrogen) atoms. The lowest BCUT2D eigenvalue weighted by Gasteiger charge is -2.34. The van der Waals surface area contributed by atoms with Crippen LogP contribution in [0.15, 0.2) is 24.3 Å². The van der Waals surface area contributed by atoms with Crippen LogP contribution >= 0.6 is 0 Å². The van der Waals surface area contributed by atoms with Gasteiger partial charge in [-0.3, -0.25) is 4.79 Å². The number of amides is 1. The minimum Gasteiger partial charge on any atom is -0.354 e. The molecule has 0 aliphatic rings. The first-order chi connectivity index (χ1) is 8.68. The van der Waals surface area contributed by atoms with Gasteiger partial charge in [0.05, 0.1) is 6.42 Å². The lowest BCUT2D eigenvalue weighted by molar-refractivity contribution is -0.195. The lowest BCUT2D eigenvalue weighted by Crippen LogP contribution is -2.49. The summed E-state index contributed by atoms with van der Waals surface area (Å²) in [6.07, 6.45) is -5.98. The summed E-state index contributed by atoms with van der Waals surface area (Å²) in [5.74, 6) is -1.28. The van der Waals surface area contributed by atoms with Gasteiger partial charge in [0, 0.05) is 19.6 Å². The Morgan fingerprint density at radius 3 is 2.16 bits per heavy atom. The third-order valence-corrected chi connectivity index (χ3v) is 2.49. The van der Waals surface area contributed by atoms with Crippen molar-refractivity contribution in [3.63, 3.8) is 0 Å². The van der Waals surface area contributed by atoms with Crippen molar-refractivity contribution in [1.82, 2.24) is 5.32 Å². The van der Waals surface area contributed by atoms with E-state index in [4.69, 9.17) is 4.74 Å². The van der Waals surface area contributed by atoms with Gasteiger partial charge in [0.1, 0.15) is 5.82 Å². The first kappa shape index (κ1) is 15.4. The molecule has 0 spiro atoms. The topological polar surface area (TPSA) is 38.3 Å². The highest BCUT2D eigenvalue weighted by Crippen LogP contribution is 2.35. The molecule has 106 valence electrons. The molecule has 0 heterocycles. The highest BCUT2D eigenvalue weighted by atomic mass is 19.4. The molecule has 1 rings (SSSR count). The summed E-state index contributed by atoms with van der Waals surface area (Å²) < 4.78 is 55.6. The molecule has 0 saturated heterocycles. The Morgan fingerprint density at radius 1 is 1.26 bits per heavy atom. The smallest absolute Gasteiger partial charge is 0.354 e. The van der Waals surface area contributed by atoms with Gasteiger partial charge in [-0.1, -0.05) is 12.1 Å². The number of nitrogens with one attached hydrogen (secondary N) is 1. The van der Waals surface area contributed by atoms with Crippen LogP contribution in [0, 0.1) is 5.82 Å². The zero-order chi connectivity index (χ0) is 14.7. The molecule has 0 aliphatic carbocycles.